The lowest BCUT2D eigenvalue weighted by molar-refractivity contribution is -0.350. The van der Waals surface area contributed by atoms with Crippen LogP contribution in [-0.4, -0.2) is 64.2 Å². The summed E-state index contributed by atoms with van der Waals surface area (Å²) in [4.78, 5) is 30.3. The van der Waals surface area contributed by atoms with Crippen LogP contribution in [-0.2, 0) is 9.59 Å². The summed E-state index contributed by atoms with van der Waals surface area (Å²) in [7, 11) is 0. The highest BCUT2D eigenvalue weighted by Gasteiger charge is 2.47. The molecule has 1 fully saturated rings. The summed E-state index contributed by atoms with van der Waals surface area (Å²) in [5.74, 6) is -2.47. The molecular formula is C29H36FN3O4. The zero-order valence-electron chi connectivity index (χ0n) is 21.7. The summed E-state index contributed by atoms with van der Waals surface area (Å²) in [6.45, 7) is 10.7. The van der Waals surface area contributed by atoms with Crippen molar-refractivity contribution in [1.29, 1.82) is 0 Å². The third-order valence-electron chi connectivity index (χ3n) is 6.69. The molecule has 0 saturated carbocycles. The highest BCUT2D eigenvalue weighted by atomic mass is 19.1. The molecule has 2 aromatic carbocycles. The van der Waals surface area contributed by atoms with Gasteiger partial charge in [0.15, 0.2) is 0 Å². The normalized spacial score (nSPS) is 17.1. The van der Waals surface area contributed by atoms with E-state index in [1.54, 1.807) is 24.3 Å². The number of nitrogens with zero attached hydrogens (tertiary/aromatic N) is 3. The molecule has 3 rings (SSSR count). The lowest BCUT2D eigenvalue weighted by Gasteiger charge is -2.28. The molecule has 1 N–H and O–H groups in total. The average molecular weight is 510 g/mol. The first kappa shape index (κ1) is 28.1. The Balaban J connectivity index is 1.99. The van der Waals surface area contributed by atoms with Gasteiger partial charge in [-0.1, -0.05) is 38.8 Å². The van der Waals surface area contributed by atoms with Crippen molar-refractivity contribution in [2.45, 2.75) is 52.0 Å². The second kappa shape index (κ2) is 13.1. The van der Waals surface area contributed by atoms with Crippen LogP contribution in [0.2, 0.25) is 0 Å². The lowest BCUT2D eigenvalue weighted by atomic mass is 9.94. The van der Waals surface area contributed by atoms with Crippen LogP contribution in [0.3, 0.4) is 0 Å². The zero-order valence-corrected chi connectivity index (χ0v) is 21.7. The minimum Gasteiger partial charge on any atom is -0.619 e. The Bertz CT molecular complexity index is 1140. The van der Waals surface area contributed by atoms with Crippen molar-refractivity contribution in [3.8, 4) is 0 Å². The molecule has 1 saturated heterocycles. The number of para-hydroxylation sites is 1. The molecule has 1 aliphatic rings. The number of ketones is 1. The number of amides is 1. The maximum absolute atomic E-state index is 13.5. The second-order valence-corrected chi connectivity index (χ2v) is 9.34. The molecule has 1 amide bonds. The van der Waals surface area contributed by atoms with E-state index in [1.807, 2.05) is 0 Å². The van der Waals surface area contributed by atoms with E-state index in [9.17, 15) is 24.3 Å². The molecular weight excluding hydrogens is 473 g/mol. The third-order valence-corrected chi connectivity index (χ3v) is 6.69. The number of carbonyl (C=O) groups excluding carboxylic acids is 2. The van der Waals surface area contributed by atoms with Gasteiger partial charge < -0.3 is 20.1 Å². The summed E-state index contributed by atoms with van der Waals surface area (Å²) >= 11 is 0. The molecule has 0 bridgehead atoms. The first-order valence-corrected chi connectivity index (χ1v) is 12.9. The smallest absolute Gasteiger partial charge is 0.295 e. The molecule has 8 heteroatoms. The Hall–Kier alpha value is -3.52. The van der Waals surface area contributed by atoms with E-state index in [0.29, 0.717) is 16.7 Å². The van der Waals surface area contributed by atoms with Gasteiger partial charge in [0, 0.05) is 18.2 Å². The van der Waals surface area contributed by atoms with Crippen LogP contribution in [0.4, 0.5) is 10.1 Å². The number of hydrogen-bond donors (Lipinski definition) is 1. The molecule has 2 aromatic rings. The SMILES string of the molecule is C=[N+]([O-])c1ccccc1[C@H]1C(=C(O)c2ccc(F)cc2)C(=O)C(=O)N1CCCN(CCCC)CCCC. The van der Waals surface area contributed by atoms with E-state index in [0.717, 1.165) is 45.3 Å². The fraction of sp³-hybridized carbons (Fsp3) is 0.414. The van der Waals surface area contributed by atoms with Crippen molar-refractivity contribution in [2.24, 2.45) is 0 Å². The van der Waals surface area contributed by atoms with E-state index in [-0.39, 0.29) is 23.4 Å². The molecule has 7 nitrogen and oxygen atoms in total. The van der Waals surface area contributed by atoms with Crippen LogP contribution in [0, 0.1) is 11.0 Å². The molecule has 1 atom stereocenters. The van der Waals surface area contributed by atoms with E-state index in [4.69, 9.17) is 0 Å². The van der Waals surface area contributed by atoms with Gasteiger partial charge >= 0.3 is 0 Å². The highest BCUT2D eigenvalue weighted by Crippen LogP contribution is 2.42. The second-order valence-electron chi connectivity index (χ2n) is 9.34. The largest absolute Gasteiger partial charge is 0.619 e. The van der Waals surface area contributed by atoms with Gasteiger partial charge in [0.25, 0.3) is 11.7 Å². The molecule has 1 heterocycles. The van der Waals surface area contributed by atoms with Crippen LogP contribution in [0.15, 0.2) is 54.1 Å². The Morgan fingerprint density at radius 2 is 1.62 bits per heavy atom. The van der Waals surface area contributed by atoms with E-state index in [2.05, 4.69) is 25.5 Å². The summed E-state index contributed by atoms with van der Waals surface area (Å²) in [5.41, 5.74) is 0.668. The molecule has 0 aliphatic carbocycles. The van der Waals surface area contributed by atoms with Gasteiger partial charge in [0.1, 0.15) is 18.3 Å². The summed E-state index contributed by atoms with van der Waals surface area (Å²) in [6.07, 6.45) is 4.98. The van der Waals surface area contributed by atoms with Crippen molar-refractivity contribution in [3.63, 3.8) is 0 Å². The third kappa shape index (κ3) is 6.63. The predicted molar refractivity (Wildman–Crippen MR) is 143 cm³/mol. The van der Waals surface area contributed by atoms with Gasteiger partial charge in [-0.3, -0.25) is 9.59 Å². The minimum absolute atomic E-state index is 0.125. The molecule has 0 spiro atoms. The number of carbonyl (C=O) groups is 2. The van der Waals surface area contributed by atoms with Crippen LogP contribution in [0.25, 0.3) is 5.76 Å². The number of unbranched alkanes of at least 4 members (excludes halogenated alkanes) is 2. The van der Waals surface area contributed by atoms with Gasteiger partial charge in [-0.15, -0.1) is 0 Å². The standard InChI is InChI=1S/C29H36FN3O4/c1-4-6-17-32(18-7-5-2)19-10-20-33-26(23-11-8-9-12-24(23)31(3)37)25(28(35)29(33)36)27(34)21-13-15-22(30)16-14-21/h8-9,11-16,26,34H,3-7,10,17-20H2,1-2H3/t26-/m0/s1. The maximum Gasteiger partial charge on any atom is 0.295 e. The quantitative estimate of drug-likeness (QED) is 0.0745. The van der Waals surface area contributed by atoms with Crippen molar-refractivity contribution in [3.05, 3.63) is 76.3 Å². The summed E-state index contributed by atoms with van der Waals surface area (Å²) in [6, 6.07) is 10.7. The van der Waals surface area contributed by atoms with Crippen molar-refractivity contribution < 1.29 is 23.8 Å². The summed E-state index contributed by atoms with van der Waals surface area (Å²) in [5, 5.41) is 23.4. The Kier molecular flexibility index (Phi) is 9.97. The van der Waals surface area contributed by atoms with E-state index < -0.39 is 29.3 Å². The number of benzene rings is 2. The Morgan fingerprint density at radius 1 is 1.03 bits per heavy atom. The van der Waals surface area contributed by atoms with Crippen LogP contribution in [0.5, 0.6) is 0 Å². The molecule has 198 valence electrons. The zero-order chi connectivity index (χ0) is 26.9. The molecule has 0 radical (unpaired) electrons. The van der Waals surface area contributed by atoms with Crippen LogP contribution >= 0.6 is 0 Å². The molecule has 0 aromatic heterocycles. The fourth-order valence-electron chi connectivity index (χ4n) is 4.71. The monoisotopic (exact) mass is 509 g/mol. The Morgan fingerprint density at radius 3 is 2.22 bits per heavy atom. The van der Waals surface area contributed by atoms with E-state index >= 15 is 0 Å². The minimum atomic E-state index is -0.973. The van der Waals surface area contributed by atoms with Crippen LogP contribution in [0.1, 0.15) is 63.1 Å². The van der Waals surface area contributed by atoms with Gasteiger partial charge in [0.2, 0.25) is 5.69 Å². The predicted octanol–water partition coefficient (Wildman–Crippen LogP) is 5.38. The molecule has 0 unspecified atom stereocenters. The Labute approximate surface area is 218 Å². The van der Waals surface area contributed by atoms with Crippen molar-refractivity contribution in [1.82, 2.24) is 9.80 Å². The molecule has 37 heavy (non-hydrogen) atoms. The number of halogens is 1. The van der Waals surface area contributed by atoms with Crippen molar-refractivity contribution in [2.75, 3.05) is 26.2 Å². The number of likely N-dealkylation sites (tertiary alicyclic amines) is 1. The highest BCUT2D eigenvalue weighted by molar-refractivity contribution is 6.46. The maximum atomic E-state index is 13.5. The topological polar surface area (TPSA) is 86.9 Å². The van der Waals surface area contributed by atoms with Gasteiger partial charge in [-0.25, -0.2) is 4.39 Å². The van der Waals surface area contributed by atoms with Gasteiger partial charge in [-0.2, -0.15) is 4.74 Å². The van der Waals surface area contributed by atoms with Gasteiger partial charge in [-0.05, 0) is 69.2 Å². The average Bonchev–Trinajstić information content (AvgIpc) is 3.14. The van der Waals surface area contributed by atoms with Crippen LogP contribution < -0.4 is 0 Å². The number of aliphatic hydroxyl groups is 1. The number of aliphatic hydroxyl groups excluding tert-OH is 1. The number of rotatable bonds is 13. The van der Waals surface area contributed by atoms with E-state index in [1.165, 1.54) is 29.2 Å². The van der Waals surface area contributed by atoms with Gasteiger partial charge in [0.05, 0.1) is 17.2 Å². The lowest BCUT2D eigenvalue weighted by Crippen LogP contribution is -2.34. The van der Waals surface area contributed by atoms with Crippen molar-refractivity contribution >= 4 is 29.9 Å². The fourth-order valence-corrected chi connectivity index (χ4v) is 4.71. The summed E-state index contributed by atoms with van der Waals surface area (Å²) < 4.78 is 13.9. The number of hydrogen-bond acceptors (Lipinski definition) is 5. The molecule has 1 aliphatic heterocycles. The first-order valence-electron chi connectivity index (χ1n) is 12.9. The number of Topliss-reactive ketones (excluding diaryl/α,β-unsaturated/α-hetero) is 1. The first-order chi connectivity index (χ1) is 17.8.